The molecule has 1 amide bonds. The predicted molar refractivity (Wildman–Crippen MR) is 95.4 cm³/mol. The van der Waals surface area contributed by atoms with E-state index in [1.165, 1.54) is 13.2 Å². The molecular weight excluding hydrogens is 415 g/mol. The van der Waals surface area contributed by atoms with E-state index in [0.29, 0.717) is 15.7 Å². The van der Waals surface area contributed by atoms with Crippen molar-refractivity contribution in [3.05, 3.63) is 28.2 Å². The molecule has 11 heteroatoms. The zero-order chi connectivity index (χ0) is 16.9. The fraction of sp³-hybridized carbons (Fsp3) is 0.273. The van der Waals surface area contributed by atoms with Crippen LogP contribution in [0.2, 0.25) is 10.0 Å². The van der Waals surface area contributed by atoms with Gasteiger partial charge in [0.2, 0.25) is 3.79 Å². The molecule has 0 fully saturated rings. The lowest BCUT2D eigenvalue weighted by Gasteiger charge is -2.27. The van der Waals surface area contributed by atoms with Gasteiger partial charge in [0.25, 0.3) is 0 Å². The summed E-state index contributed by atoms with van der Waals surface area (Å²) in [7, 11) is 1.18. The molecule has 5 nitrogen and oxygen atoms in total. The number of alkyl halides is 3. The maximum atomic E-state index is 11.3. The Kier molecular flexibility index (Phi) is 7.58. The average Bonchev–Trinajstić information content (AvgIpc) is 2.40. The largest absolute Gasteiger partial charge is 0.453 e. The number of halogens is 5. The first kappa shape index (κ1) is 19.7. The third-order valence-corrected chi connectivity index (χ3v) is 3.65. The van der Waals surface area contributed by atoms with E-state index in [2.05, 4.69) is 20.7 Å². The molecule has 1 aromatic rings. The molecule has 0 bridgehead atoms. The van der Waals surface area contributed by atoms with Gasteiger partial charge < -0.3 is 15.4 Å². The molecule has 0 aliphatic heterocycles. The van der Waals surface area contributed by atoms with E-state index in [-0.39, 0.29) is 5.11 Å². The molecular formula is C11H10Cl5N3O2S. The van der Waals surface area contributed by atoms with Crippen LogP contribution in [0.4, 0.5) is 10.5 Å². The van der Waals surface area contributed by atoms with Crippen molar-refractivity contribution in [2.45, 2.75) is 9.96 Å². The minimum atomic E-state index is -1.87. The molecule has 0 heterocycles. The van der Waals surface area contributed by atoms with Crippen molar-refractivity contribution in [2.24, 2.45) is 0 Å². The number of benzene rings is 1. The molecule has 3 N–H and O–H groups in total. The van der Waals surface area contributed by atoms with Gasteiger partial charge in [-0.1, -0.05) is 58.0 Å². The van der Waals surface area contributed by atoms with Crippen molar-refractivity contribution >= 4 is 87.1 Å². The summed E-state index contributed by atoms with van der Waals surface area (Å²) in [5, 5.41) is 8.61. The van der Waals surface area contributed by atoms with Crippen LogP contribution in [0.25, 0.3) is 0 Å². The van der Waals surface area contributed by atoms with Crippen LogP contribution >= 0.6 is 70.2 Å². The quantitative estimate of drug-likeness (QED) is 0.382. The van der Waals surface area contributed by atoms with Crippen molar-refractivity contribution < 1.29 is 9.53 Å². The van der Waals surface area contributed by atoms with Gasteiger partial charge in [-0.25, -0.2) is 4.79 Å². The number of hydrogen-bond acceptors (Lipinski definition) is 3. The van der Waals surface area contributed by atoms with Crippen LogP contribution in [-0.2, 0) is 4.74 Å². The molecule has 0 unspecified atom stereocenters. The van der Waals surface area contributed by atoms with Gasteiger partial charge in [-0.15, -0.1) is 0 Å². The molecule has 0 spiro atoms. The minimum Gasteiger partial charge on any atom is -0.453 e. The monoisotopic (exact) mass is 423 g/mol. The number of anilines is 1. The zero-order valence-electron chi connectivity index (χ0n) is 10.9. The van der Waals surface area contributed by atoms with Crippen molar-refractivity contribution in [1.29, 1.82) is 0 Å². The highest BCUT2D eigenvalue weighted by atomic mass is 35.6. The SMILES string of the molecule is COC(=O)N[C@@H](NC(=S)Nc1ccc(Cl)cc1Cl)C(Cl)(Cl)Cl. The van der Waals surface area contributed by atoms with Gasteiger partial charge in [-0.3, -0.25) is 5.32 Å². The van der Waals surface area contributed by atoms with E-state index in [9.17, 15) is 4.79 Å². The van der Waals surface area contributed by atoms with Gasteiger partial charge in [-0.2, -0.15) is 0 Å². The molecule has 0 aliphatic carbocycles. The van der Waals surface area contributed by atoms with Crippen molar-refractivity contribution in [3.8, 4) is 0 Å². The third kappa shape index (κ3) is 6.40. The summed E-state index contributed by atoms with van der Waals surface area (Å²) < 4.78 is 2.57. The topological polar surface area (TPSA) is 62.4 Å². The van der Waals surface area contributed by atoms with Crippen LogP contribution in [-0.4, -0.2) is 28.3 Å². The minimum absolute atomic E-state index is 0.0666. The normalized spacial score (nSPS) is 12.3. The van der Waals surface area contributed by atoms with Crippen LogP contribution in [0, 0.1) is 0 Å². The second-order valence-corrected chi connectivity index (χ2v) is 7.45. The molecule has 0 aliphatic rings. The number of methoxy groups -OCH3 is 1. The lowest BCUT2D eigenvalue weighted by Crippen LogP contribution is -2.56. The third-order valence-electron chi connectivity index (χ3n) is 2.23. The summed E-state index contributed by atoms with van der Waals surface area (Å²) >= 11 is 34.2. The highest BCUT2D eigenvalue weighted by molar-refractivity contribution is 7.80. The van der Waals surface area contributed by atoms with Crippen LogP contribution < -0.4 is 16.0 Å². The molecule has 1 aromatic carbocycles. The summed E-state index contributed by atoms with van der Waals surface area (Å²) in [6, 6.07) is 4.78. The first-order chi connectivity index (χ1) is 10.1. The molecule has 1 rings (SSSR count). The second kappa shape index (κ2) is 8.47. The van der Waals surface area contributed by atoms with E-state index < -0.39 is 16.1 Å². The average molecular weight is 426 g/mol. The number of ether oxygens (including phenoxy) is 1. The van der Waals surface area contributed by atoms with E-state index in [1.54, 1.807) is 12.1 Å². The Balaban J connectivity index is 2.76. The number of rotatable bonds is 3. The van der Waals surface area contributed by atoms with E-state index >= 15 is 0 Å². The number of amides is 1. The molecule has 122 valence electrons. The number of nitrogens with one attached hydrogen (secondary N) is 3. The molecule has 0 saturated heterocycles. The highest BCUT2D eigenvalue weighted by Crippen LogP contribution is 2.29. The first-order valence-corrected chi connectivity index (χ1v) is 7.87. The summed E-state index contributed by atoms with van der Waals surface area (Å²) in [6.45, 7) is 0. The molecule has 0 radical (unpaired) electrons. The number of alkyl carbamates (subject to hydrolysis) is 1. The lowest BCUT2D eigenvalue weighted by molar-refractivity contribution is 0.166. The summed E-state index contributed by atoms with van der Waals surface area (Å²) in [5.74, 6) is 0. The summed E-state index contributed by atoms with van der Waals surface area (Å²) in [4.78, 5) is 11.3. The summed E-state index contributed by atoms with van der Waals surface area (Å²) in [6.07, 6.45) is -1.92. The van der Waals surface area contributed by atoms with E-state index in [1.807, 2.05) is 0 Å². The van der Waals surface area contributed by atoms with Crippen molar-refractivity contribution in [2.75, 3.05) is 12.4 Å². The molecule has 1 atom stereocenters. The number of carbonyl (C=O) groups is 1. The van der Waals surface area contributed by atoms with Gasteiger partial charge in [0, 0.05) is 5.02 Å². The maximum Gasteiger partial charge on any atom is 0.408 e. The van der Waals surface area contributed by atoms with E-state index in [4.69, 9.17) is 70.2 Å². The van der Waals surface area contributed by atoms with Crippen LogP contribution in [0.5, 0.6) is 0 Å². The number of thiocarbonyl (C=S) groups is 1. The molecule has 0 aromatic heterocycles. The standard InChI is InChI=1S/C11H10Cl5N3O2S/c1-21-10(20)19-8(11(14,15)16)18-9(22)17-7-3-2-5(12)4-6(7)13/h2-4,8H,1H3,(H,19,20)(H2,17,18,22)/t8-/m1/s1. The molecule has 22 heavy (non-hydrogen) atoms. The Morgan fingerprint density at radius 1 is 1.27 bits per heavy atom. The highest BCUT2D eigenvalue weighted by Gasteiger charge is 2.35. The fourth-order valence-electron chi connectivity index (χ4n) is 1.26. The Hall–Kier alpha value is -0.370. The van der Waals surface area contributed by atoms with Gasteiger partial charge in [0.05, 0.1) is 17.8 Å². The Morgan fingerprint density at radius 2 is 1.91 bits per heavy atom. The van der Waals surface area contributed by atoms with Gasteiger partial charge in [0.15, 0.2) is 11.3 Å². The van der Waals surface area contributed by atoms with Crippen molar-refractivity contribution in [3.63, 3.8) is 0 Å². The number of carbonyl (C=O) groups excluding carboxylic acids is 1. The second-order valence-electron chi connectivity index (χ2n) is 3.83. The Morgan fingerprint density at radius 3 is 2.41 bits per heavy atom. The fourth-order valence-corrected chi connectivity index (χ4v) is 2.27. The first-order valence-electron chi connectivity index (χ1n) is 5.57. The zero-order valence-corrected chi connectivity index (χ0v) is 15.5. The van der Waals surface area contributed by atoms with Gasteiger partial charge >= 0.3 is 6.09 Å². The maximum absolute atomic E-state index is 11.3. The van der Waals surface area contributed by atoms with E-state index in [0.717, 1.165) is 0 Å². The number of hydrogen-bond donors (Lipinski definition) is 3. The van der Waals surface area contributed by atoms with Gasteiger partial charge in [-0.05, 0) is 30.4 Å². The molecule has 0 saturated carbocycles. The van der Waals surface area contributed by atoms with Crippen LogP contribution in [0.3, 0.4) is 0 Å². The summed E-state index contributed by atoms with van der Waals surface area (Å²) in [5.41, 5.74) is 0.490. The van der Waals surface area contributed by atoms with Crippen LogP contribution in [0.15, 0.2) is 18.2 Å². The Bertz CT molecular complexity index is 567. The predicted octanol–water partition coefficient (Wildman–Crippen LogP) is 4.33. The lowest BCUT2D eigenvalue weighted by atomic mass is 10.3. The van der Waals surface area contributed by atoms with Crippen LogP contribution in [0.1, 0.15) is 0 Å². The van der Waals surface area contributed by atoms with Gasteiger partial charge in [0.1, 0.15) is 0 Å². The van der Waals surface area contributed by atoms with Crippen molar-refractivity contribution in [1.82, 2.24) is 10.6 Å². The Labute approximate surface area is 157 Å². The smallest absolute Gasteiger partial charge is 0.408 e.